The fourth-order valence-corrected chi connectivity index (χ4v) is 2.18. The molecule has 0 radical (unpaired) electrons. The van der Waals surface area contributed by atoms with Gasteiger partial charge in [-0.15, -0.1) is 0 Å². The molecular formula is C15H22N4. The molecule has 0 bridgehead atoms. The average Bonchev–Trinajstić information content (AvgIpc) is 2.93. The van der Waals surface area contributed by atoms with Crippen LogP contribution in [0.3, 0.4) is 0 Å². The van der Waals surface area contributed by atoms with E-state index in [1.165, 1.54) is 5.56 Å². The van der Waals surface area contributed by atoms with Crippen LogP contribution in [0.25, 0.3) is 0 Å². The number of H-pyrrole nitrogens is 1. The second kappa shape index (κ2) is 6.50. The minimum absolute atomic E-state index is 0.272. The summed E-state index contributed by atoms with van der Waals surface area (Å²) in [6.45, 7) is 3.04. The van der Waals surface area contributed by atoms with Crippen LogP contribution < -0.4 is 5.32 Å². The molecule has 4 heteroatoms. The van der Waals surface area contributed by atoms with Gasteiger partial charge in [-0.3, -0.25) is 5.10 Å². The fraction of sp³-hybridized carbons (Fsp3) is 0.400. The Labute approximate surface area is 114 Å². The molecule has 2 atom stereocenters. The molecule has 0 aliphatic carbocycles. The number of nitrogens with zero attached hydrogens (tertiary/aromatic N) is 2. The van der Waals surface area contributed by atoms with E-state index in [0.717, 1.165) is 12.2 Å². The molecule has 1 heterocycles. The highest BCUT2D eigenvalue weighted by Gasteiger charge is 2.15. The molecule has 102 valence electrons. The molecule has 0 amide bonds. The van der Waals surface area contributed by atoms with Crippen molar-refractivity contribution in [1.82, 2.24) is 20.4 Å². The van der Waals surface area contributed by atoms with Gasteiger partial charge in [0.2, 0.25) is 0 Å². The third-order valence-electron chi connectivity index (χ3n) is 3.41. The Bertz CT molecular complexity index is 464. The topological polar surface area (TPSA) is 44.0 Å². The Balaban J connectivity index is 1.98. The predicted molar refractivity (Wildman–Crippen MR) is 77.9 cm³/mol. The zero-order valence-corrected chi connectivity index (χ0v) is 11.8. The van der Waals surface area contributed by atoms with Crippen molar-refractivity contribution >= 4 is 0 Å². The summed E-state index contributed by atoms with van der Waals surface area (Å²) < 4.78 is 0. The van der Waals surface area contributed by atoms with Crippen molar-refractivity contribution in [3.63, 3.8) is 0 Å². The predicted octanol–water partition coefficient (Wildman–Crippen LogP) is 2.36. The molecule has 0 saturated carbocycles. The first-order chi connectivity index (χ1) is 9.18. The van der Waals surface area contributed by atoms with Crippen molar-refractivity contribution in [1.29, 1.82) is 0 Å². The van der Waals surface area contributed by atoms with Crippen molar-refractivity contribution in [2.75, 3.05) is 20.6 Å². The third-order valence-corrected chi connectivity index (χ3v) is 3.41. The van der Waals surface area contributed by atoms with Crippen LogP contribution >= 0.6 is 0 Å². The maximum atomic E-state index is 3.99. The van der Waals surface area contributed by atoms with Crippen molar-refractivity contribution in [2.45, 2.75) is 19.0 Å². The van der Waals surface area contributed by atoms with Crippen LogP contribution in [0, 0.1) is 0 Å². The largest absolute Gasteiger partial charge is 0.307 e. The van der Waals surface area contributed by atoms with Gasteiger partial charge in [-0.05, 0) is 32.6 Å². The van der Waals surface area contributed by atoms with Crippen LogP contribution in [0.2, 0.25) is 0 Å². The summed E-state index contributed by atoms with van der Waals surface area (Å²) in [4.78, 5) is 2.24. The zero-order valence-electron chi connectivity index (χ0n) is 11.8. The highest BCUT2D eigenvalue weighted by molar-refractivity contribution is 5.19. The molecule has 0 saturated heterocycles. The van der Waals surface area contributed by atoms with E-state index in [1.807, 2.05) is 6.07 Å². The number of likely N-dealkylation sites (N-methyl/N-ethyl adjacent to an activating group) is 1. The number of benzene rings is 1. The molecule has 1 aromatic carbocycles. The second-order valence-electron chi connectivity index (χ2n) is 5.03. The van der Waals surface area contributed by atoms with Crippen LogP contribution in [0.5, 0.6) is 0 Å². The maximum absolute atomic E-state index is 3.99. The summed E-state index contributed by atoms with van der Waals surface area (Å²) >= 11 is 0. The molecule has 0 aliphatic heterocycles. The lowest BCUT2D eigenvalue weighted by Gasteiger charge is -2.26. The molecule has 0 aliphatic rings. The Morgan fingerprint density at radius 1 is 1.21 bits per heavy atom. The quantitative estimate of drug-likeness (QED) is 0.836. The number of aromatic amines is 1. The van der Waals surface area contributed by atoms with E-state index in [-0.39, 0.29) is 6.04 Å². The maximum Gasteiger partial charge on any atom is 0.0518 e. The van der Waals surface area contributed by atoms with E-state index in [4.69, 9.17) is 0 Å². The van der Waals surface area contributed by atoms with E-state index < -0.39 is 0 Å². The molecule has 4 nitrogen and oxygen atoms in total. The van der Waals surface area contributed by atoms with Crippen molar-refractivity contribution in [3.05, 3.63) is 53.9 Å². The van der Waals surface area contributed by atoms with Gasteiger partial charge in [-0.1, -0.05) is 30.3 Å². The van der Waals surface area contributed by atoms with E-state index in [9.17, 15) is 0 Å². The van der Waals surface area contributed by atoms with Crippen LogP contribution in [0.15, 0.2) is 42.6 Å². The van der Waals surface area contributed by atoms with Gasteiger partial charge < -0.3 is 10.2 Å². The fourth-order valence-electron chi connectivity index (χ4n) is 2.18. The standard InChI is InChI=1S/C15H22N4/c1-12(14-9-10-17-18-14)16-11-15(19(2)3)13-7-5-4-6-8-13/h4-10,12,15-16H,11H2,1-3H3,(H,17,18). The highest BCUT2D eigenvalue weighted by Crippen LogP contribution is 2.18. The van der Waals surface area contributed by atoms with E-state index in [2.05, 4.69) is 71.8 Å². The Morgan fingerprint density at radius 3 is 2.53 bits per heavy atom. The highest BCUT2D eigenvalue weighted by atomic mass is 15.1. The van der Waals surface area contributed by atoms with Gasteiger partial charge in [-0.2, -0.15) is 5.10 Å². The molecule has 0 fully saturated rings. The first kappa shape index (κ1) is 13.8. The molecule has 1 aromatic heterocycles. The van der Waals surface area contributed by atoms with Crippen LogP contribution in [-0.2, 0) is 0 Å². The molecule has 2 unspecified atom stereocenters. The van der Waals surface area contributed by atoms with Crippen LogP contribution in [0.1, 0.15) is 30.3 Å². The third kappa shape index (κ3) is 3.66. The number of hydrogen-bond donors (Lipinski definition) is 2. The summed E-state index contributed by atoms with van der Waals surface area (Å²) in [7, 11) is 4.22. The van der Waals surface area contributed by atoms with Crippen molar-refractivity contribution < 1.29 is 0 Å². The lowest BCUT2D eigenvalue weighted by molar-refractivity contribution is 0.281. The molecule has 19 heavy (non-hydrogen) atoms. The summed E-state index contributed by atoms with van der Waals surface area (Å²) in [6.07, 6.45) is 1.79. The first-order valence-electron chi connectivity index (χ1n) is 6.62. The summed E-state index contributed by atoms with van der Waals surface area (Å²) in [5, 5.41) is 10.5. The Kier molecular flexibility index (Phi) is 4.71. The number of aromatic nitrogens is 2. The molecule has 2 N–H and O–H groups in total. The van der Waals surface area contributed by atoms with Gasteiger partial charge in [0.05, 0.1) is 5.69 Å². The number of rotatable bonds is 6. The van der Waals surface area contributed by atoms with Crippen LogP contribution in [-0.4, -0.2) is 35.7 Å². The second-order valence-corrected chi connectivity index (χ2v) is 5.03. The molecular weight excluding hydrogens is 236 g/mol. The normalized spacial score (nSPS) is 14.5. The SMILES string of the molecule is CC(NCC(c1ccccc1)N(C)C)c1ccn[nH]1. The van der Waals surface area contributed by atoms with Crippen molar-refractivity contribution in [3.8, 4) is 0 Å². The van der Waals surface area contributed by atoms with Gasteiger partial charge in [0, 0.05) is 24.8 Å². The first-order valence-corrected chi connectivity index (χ1v) is 6.62. The Hall–Kier alpha value is -1.65. The average molecular weight is 258 g/mol. The van der Waals surface area contributed by atoms with E-state index >= 15 is 0 Å². The van der Waals surface area contributed by atoms with Crippen molar-refractivity contribution in [2.24, 2.45) is 0 Å². The smallest absolute Gasteiger partial charge is 0.0518 e. The minimum atomic E-state index is 0.272. The van der Waals surface area contributed by atoms with E-state index in [0.29, 0.717) is 6.04 Å². The van der Waals surface area contributed by atoms with Crippen LogP contribution in [0.4, 0.5) is 0 Å². The number of hydrogen-bond acceptors (Lipinski definition) is 3. The lowest BCUT2D eigenvalue weighted by Crippen LogP contribution is -2.32. The molecule has 0 spiro atoms. The number of nitrogens with one attached hydrogen (secondary N) is 2. The summed E-state index contributed by atoms with van der Waals surface area (Å²) in [5.74, 6) is 0. The molecule has 2 aromatic rings. The van der Waals surface area contributed by atoms with Gasteiger partial charge in [0.1, 0.15) is 0 Å². The summed E-state index contributed by atoms with van der Waals surface area (Å²) in [6, 6.07) is 13.2. The summed E-state index contributed by atoms with van der Waals surface area (Å²) in [5.41, 5.74) is 2.45. The van der Waals surface area contributed by atoms with Gasteiger partial charge in [-0.25, -0.2) is 0 Å². The van der Waals surface area contributed by atoms with E-state index in [1.54, 1.807) is 6.20 Å². The minimum Gasteiger partial charge on any atom is -0.307 e. The monoisotopic (exact) mass is 258 g/mol. The lowest BCUT2D eigenvalue weighted by atomic mass is 10.1. The van der Waals surface area contributed by atoms with Gasteiger partial charge >= 0.3 is 0 Å². The zero-order chi connectivity index (χ0) is 13.7. The molecule has 2 rings (SSSR count). The Morgan fingerprint density at radius 2 is 1.95 bits per heavy atom. The van der Waals surface area contributed by atoms with Gasteiger partial charge in [0.25, 0.3) is 0 Å². The van der Waals surface area contributed by atoms with Gasteiger partial charge in [0.15, 0.2) is 0 Å².